The van der Waals surface area contributed by atoms with Crippen molar-refractivity contribution < 1.29 is 4.74 Å². The maximum atomic E-state index is 9.62. The number of aromatic nitrogens is 3. The average molecular weight is 514 g/mol. The molecule has 0 unspecified atom stereocenters. The van der Waals surface area contributed by atoms with Crippen molar-refractivity contribution >= 4 is 38.3 Å². The van der Waals surface area contributed by atoms with Gasteiger partial charge in [0.2, 0.25) is 0 Å². The molecular formula is C28H31N7OS. The van der Waals surface area contributed by atoms with Crippen molar-refractivity contribution in [3.63, 3.8) is 0 Å². The number of ether oxygens (including phenoxy) is 1. The van der Waals surface area contributed by atoms with E-state index in [4.69, 9.17) is 14.7 Å². The molecule has 0 radical (unpaired) electrons. The Balaban J connectivity index is 1.23. The Kier molecular flexibility index (Phi) is 6.05. The fourth-order valence-corrected chi connectivity index (χ4v) is 6.74. The van der Waals surface area contributed by atoms with Crippen LogP contribution in [0.25, 0.3) is 32.5 Å². The molecule has 0 bridgehead atoms. The van der Waals surface area contributed by atoms with E-state index < -0.39 is 0 Å². The molecule has 8 nitrogen and oxygen atoms in total. The zero-order valence-electron chi connectivity index (χ0n) is 20.9. The lowest BCUT2D eigenvalue weighted by molar-refractivity contribution is 0.122. The van der Waals surface area contributed by atoms with E-state index in [1.165, 1.54) is 37.4 Å². The fraction of sp³-hybridized carbons (Fsp3) is 0.464. The van der Waals surface area contributed by atoms with Crippen LogP contribution >= 0.6 is 11.3 Å². The number of fused-ring (bicyclic) bond motifs is 2. The molecule has 1 N–H and O–H groups in total. The van der Waals surface area contributed by atoms with Crippen molar-refractivity contribution in [3.05, 3.63) is 40.9 Å². The van der Waals surface area contributed by atoms with Crippen molar-refractivity contribution in [2.24, 2.45) is 5.92 Å². The number of hydrogen-bond acceptors (Lipinski definition) is 8. The summed E-state index contributed by atoms with van der Waals surface area (Å²) in [5.41, 5.74) is 3.42. The number of thiophene rings is 1. The molecule has 2 aliphatic heterocycles. The van der Waals surface area contributed by atoms with Crippen LogP contribution in [-0.4, -0.2) is 83.8 Å². The van der Waals surface area contributed by atoms with Crippen LogP contribution in [0.1, 0.15) is 23.3 Å². The largest absolute Gasteiger partial charge is 0.378 e. The second-order valence-electron chi connectivity index (χ2n) is 10.5. The highest BCUT2D eigenvalue weighted by Crippen LogP contribution is 2.37. The van der Waals surface area contributed by atoms with Crippen LogP contribution in [-0.2, 0) is 11.3 Å². The highest BCUT2D eigenvalue weighted by atomic mass is 32.1. The Hall–Kier alpha value is -3.03. The number of nitrogens with zero attached hydrogens (tertiary/aromatic N) is 6. The van der Waals surface area contributed by atoms with Gasteiger partial charge in [0.05, 0.1) is 35.1 Å². The normalized spacial score (nSPS) is 19.6. The molecule has 4 aromatic rings. The van der Waals surface area contributed by atoms with Gasteiger partial charge in [0, 0.05) is 79.9 Å². The predicted molar refractivity (Wildman–Crippen MR) is 147 cm³/mol. The summed E-state index contributed by atoms with van der Waals surface area (Å²) in [5, 5.41) is 10.7. The number of morpholine rings is 1. The summed E-state index contributed by atoms with van der Waals surface area (Å²) in [7, 11) is 0. The summed E-state index contributed by atoms with van der Waals surface area (Å²) in [5.74, 6) is 2.62. The molecule has 2 saturated heterocycles. The van der Waals surface area contributed by atoms with Crippen LogP contribution in [0.15, 0.2) is 30.5 Å². The van der Waals surface area contributed by atoms with Crippen molar-refractivity contribution in [1.82, 2.24) is 24.8 Å². The van der Waals surface area contributed by atoms with Gasteiger partial charge < -0.3 is 19.5 Å². The zero-order chi connectivity index (χ0) is 24.8. The molecule has 3 aromatic heterocycles. The third kappa shape index (κ3) is 4.71. The minimum Gasteiger partial charge on any atom is -0.378 e. The smallest absolute Gasteiger partial charge is 0.162 e. The highest BCUT2D eigenvalue weighted by Gasteiger charge is 2.27. The van der Waals surface area contributed by atoms with Crippen LogP contribution in [0, 0.1) is 17.2 Å². The van der Waals surface area contributed by atoms with Crippen LogP contribution in [0.2, 0.25) is 0 Å². The molecule has 1 aliphatic carbocycles. The quantitative estimate of drug-likeness (QED) is 0.416. The molecule has 7 rings (SSSR count). The van der Waals surface area contributed by atoms with Crippen LogP contribution < -0.4 is 4.90 Å². The first kappa shape index (κ1) is 23.1. The Morgan fingerprint density at radius 3 is 2.62 bits per heavy atom. The summed E-state index contributed by atoms with van der Waals surface area (Å²) in [6.45, 7) is 9.90. The number of anilines is 1. The Bertz CT molecular complexity index is 1470. The molecule has 3 fully saturated rings. The van der Waals surface area contributed by atoms with E-state index in [9.17, 15) is 5.26 Å². The van der Waals surface area contributed by atoms with Gasteiger partial charge in [-0.1, -0.05) is 0 Å². The summed E-state index contributed by atoms with van der Waals surface area (Å²) >= 11 is 1.83. The van der Waals surface area contributed by atoms with E-state index in [2.05, 4.69) is 31.8 Å². The fourth-order valence-electron chi connectivity index (χ4n) is 5.58. The number of hydrogen-bond donors (Lipinski definition) is 1. The second kappa shape index (κ2) is 9.69. The van der Waals surface area contributed by atoms with Gasteiger partial charge in [-0.15, -0.1) is 11.3 Å². The molecule has 9 heteroatoms. The first-order valence-corrected chi connectivity index (χ1v) is 14.1. The summed E-state index contributed by atoms with van der Waals surface area (Å²) < 4.78 is 6.78. The standard InChI is InChI=1S/C28H31N7OS/c29-16-20-13-23(22-3-4-30-24(22)14-20)27-31-25-15-21(18-34-7-5-33(6-8-34)17-19-1-2-19)37-26(25)28(32-27)35-9-11-36-12-10-35/h3-4,13-15,19,30H,1-2,5-12,17-18H2. The second-order valence-corrected chi connectivity index (χ2v) is 11.6. The molecule has 0 amide bonds. The molecule has 37 heavy (non-hydrogen) atoms. The molecule has 0 atom stereocenters. The Morgan fingerprint density at radius 1 is 1.03 bits per heavy atom. The van der Waals surface area contributed by atoms with Crippen molar-refractivity contribution in [2.75, 3.05) is 63.9 Å². The average Bonchev–Trinajstić information content (AvgIpc) is 3.45. The molecule has 5 heterocycles. The number of nitriles is 1. The maximum absolute atomic E-state index is 9.62. The van der Waals surface area contributed by atoms with Gasteiger partial charge in [-0.05, 0) is 43.0 Å². The lowest BCUT2D eigenvalue weighted by atomic mass is 10.1. The van der Waals surface area contributed by atoms with Gasteiger partial charge in [-0.2, -0.15) is 5.26 Å². The van der Waals surface area contributed by atoms with Gasteiger partial charge >= 0.3 is 0 Å². The van der Waals surface area contributed by atoms with Crippen LogP contribution in [0.5, 0.6) is 0 Å². The SMILES string of the molecule is N#Cc1cc(-c2nc(N3CCOCC3)c3sc(CN4CCN(CC5CC5)CC4)cc3n2)c2cc[nH]c2c1. The van der Waals surface area contributed by atoms with Crippen molar-refractivity contribution in [1.29, 1.82) is 5.26 Å². The van der Waals surface area contributed by atoms with Gasteiger partial charge in [-0.25, -0.2) is 9.97 Å². The van der Waals surface area contributed by atoms with E-state index >= 15 is 0 Å². The van der Waals surface area contributed by atoms with E-state index in [0.717, 1.165) is 71.1 Å². The van der Waals surface area contributed by atoms with Gasteiger partial charge in [0.1, 0.15) is 0 Å². The lowest BCUT2D eigenvalue weighted by Crippen LogP contribution is -2.46. The predicted octanol–water partition coefficient (Wildman–Crippen LogP) is 4.08. The molecule has 0 spiro atoms. The topological polar surface area (TPSA) is 84.3 Å². The molecule has 190 valence electrons. The van der Waals surface area contributed by atoms with E-state index in [-0.39, 0.29) is 0 Å². The zero-order valence-corrected chi connectivity index (χ0v) is 21.8. The molecular weight excluding hydrogens is 482 g/mol. The monoisotopic (exact) mass is 513 g/mol. The first-order chi connectivity index (χ1) is 18.2. The minimum absolute atomic E-state index is 0.605. The van der Waals surface area contributed by atoms with Gasteiger partial charge in [-0.3, -0.25) is 4.90 Å². The van der Waals surface area contributed by atoms with Crippen LogP contribution in [0.4, 0.5) is 5.82 Å². The molecule has 1 saturated carbocycles. The van der Waals surface area contributed by atoms with Gasteiger partial charge in [0.25, 0.3) is 0 Å². The number of aromatic amines is 1. The van der Waals surface area contributed by atoms with E-state index in [1.54, 1.807) is 0 Å². The molecule has 1 aromatic carbocycles. The number of rotatable bonds is 6. The Morgan fingerprint density at radius 2 is 1.84 bits per heavy atom. The third-order valence-electron chi connectivity index (χ3n) is 7.81. The summed E-state index contributed by atoms with van der Waals surface area (Å²) in [6.07, 6.45) is 4.75. The van der Waals surface area contributed by atoms with Crippen LogP contribution in [0.3, 0.4) is 0 Å². The highest BCUT2D eigenvalue weighted by molar-refractivity contribution is 7.19. The minimum atomic E-state index is 0.605. The third-order valence-corrected chi connectivity index (χ3v) is 8.92. The number of benzene rings is 1. The van der Waals surface area contributed by atoms with Gasteiger partial charge in [0.15, 0.2) is 11.6 Å². The number of piperazine rings is 1. The Labute approximate surface area is 220 Å². The van der Waals surface area contributed by atoms with E-state index in [0.29, 0.717) is 24.6 Å². The van der Waals surface area contributed by atoms with Crippen molar-refractivity contribution in [3.8, 4) is 17.5 Å². The molecule has 3 aliphatic rings. The number of H-pyrrole nitrogens is 1. The summed E-state index contributed by atoms with van der Waals surface area (Å²) in [6, 6.07) is 10.4. The summed E-state index contributed by atoms with van der Waals surface area (Å²) in [4.78, 5) is 22.3. The lowest BCUT2D eigenvalue weighted by Gasteiger charge is -2.34. The first-order valence-electron chi connectivity index (χ1n) is 13.3. The maximum Gasteiger partial charge on any atom is 0.162 e. The number of nitrogens with one attached hydrogen (secondary N) is 1. The van der Waals surface area contributed by atoms with E-state index in [1.807, 2.05) is 35.7 Å². The van der Waals surface area contributed by atoms with Crippen molar-refractivity contribution in [2.45, 2.75) is 19.4 Å².